The van der Waals surface area contributed by atoms with Crippen molar-refractivity contribution in [2.24, 2.45) is 5.92 Å². The summed E-state index contributed by atoms with van der Waals surface area (Å²) >= 11 is 0. The molecule has 0 N–H and O–H groups in total. The molecule has 3 nitrogen and oxygen atoms in total. The minimum atomic E-state index is -0.996. The molecule has 3 atom stereocenters. The first kappa shape index (κ1) is 11.9. The molecule has 0 radical (unpaired) electrons. The van der Waals surface area contributed by atoms with Crippen molar-refractivity contribution < 1.29 is 13.7 Å². The molecule has 1 rings (SSSR count). The Morgan fingerprint density at radius 1 is 1.64 bits per heavy atom. The van der Waals surface area contributed by atoms with E-state index in [-0.39, 0.29) is 22.7 Å². The number of carbonyl (C=O) groups is 1. The maximum atomic E-state index is 11.6. The van der Waals surface area contributed by atoms with Crippen LogP contribution in [0.25, 0.3) is 0 Å². The van der Waals surface area contributed by atoms with Crippen LogP contribution in [0.4, 0.5) is 0 Å². The van der Waals surface area contributed by atoms with Gasteiger partial charge in [0.15, 0.2) is 5.78 Å². The van der Waals surface area contributed by atoms with Crippen LogP contribution in [0.5, 0.6) is 0 Å². The second-order valence-corrected chi connectivity index (χ2v) is 5.63. The van der Waals surface area contributed by atoms with Gasteiger partial charge in [-0.25, -0.2) is 0 Å². The zero-order valence-electron chi connectivity index (χ0n) is 8.82. The lowest BCUT2D eigenvalue weighted by Gasteiger charge is -2.10. The average Bonchev–Trinajstić information content (AvgIpc) is 2.69. The minimum absolute atomic E-state index is 0.00278. The van der Waals surface area contributed by atoms with Gasteiger partial charge in [-0.2, -0.15) is 0 Å². The Hall–Kier alpha value is -0.220. The third-order valence-electron chi connectivity index (χ3n) is 2.69. The van der Waals surface area contributed by atoms with E-state index in [1.165, 1.54) is 0 Å². The third-order valence-corrected chi connectivity index (χ3v) is 4.49. The number of rotatable bonds is 5. The molecule has 14 heavy (non-hydrogen) atoms. The van der Waals surface area contributed by atoms with Crippen LogP contribution in [0.15, 0.2) is 0 Å². The highest BCUT2D eigenvalue weighted by Crippen LogP contribution is 2.14. The van der Waals surface area contributed by atoms with Gasteiger partial charge in [0, 0.05) is 28.6 Å². The SMILES string of the molecule is CCC(C)S(=O)CC(=O)C1CCOC1. The molecule has 0 aromatic carbocycles. The fourth-order valence-electron chi connectivity index (χ4n) is 1.37. The molecular formula is C10H18O3S. The highest BCUT2D eigenvalue weighted by atomic mass is 32.2. The molecular weight excluding hydrogens is 200 g/mol. The average molecular weight is 218 g/mol. The molecule has 1 fully saturated rings. The smallest absolute Gasteiger partial charge is 0.150 e. The fraction of sp³-hybridized carbons (Fsp3) is 0.900. The van der Waals surface area contributed by atoms with E-state index in [9.17, 15) is 9.00 Å². The van der Waals surface area contributed by atoms with E-state index < -0.39 is 10.8 Å². The van der Waals surface area contributed by atoms with Crippen molar-refractivity contribution in [2.75, 3.05) is 19.0 Å². The number of ether oxygens (including phenoxy) is 1. The summed E-state index contributed by atoms with van der Waals surface area (Å²) in [6.45, 7) is 5.11. The Bertz CT molecular complexity index is 221. The van der Waals surface area contributed by atoms with Crippen LogP contribution in [0.2, 0.25) is 0 Å². The Morgan fingerprint density at radius 2 is 2.36 bits per heavy atom. The first-order valence-electron chi connectivity index (χ1n) is 5.12. The quantitative estimate of drug-likeness (QED) is 0.695. The van der Waals surface area contributed by atoms with Crippen LogP contribution in [0.1, 0.15) is 26.7 Å². The van der Waals surface area contributed by atoms with Crippen LogP contribution >= 0.6 is 0 Å². The predicted molar refractivity (Wildman–Crippen MR) is 56.7 cm³/mol. The number of hydrogen-bond acceptors (Lipinski definition) is 3. The Morgan fingerprint density at radius 3 is 2.86 bits per heavy atom. The van der Waals surface area contributed by atoms with Gasteiger partial charge in [-0.1, -0.05) is 13.8 Å². The van der Waals surface area contributed by atoms with E-state index in [1.54, 1.807) is 0 Å². The molecule has 0 aromatic heterocycles. The van der Waals surface area contributed by atoms with Crippen LogP contribution in [-0.2, 0) is 20.3 Å². The van der Waals surface area contributed by atoms with Crippen molar-refractivity contribution in [1.29, 1.82) is 0 Å². The molecule has 82 valence electrons. The largest absolute Gasteiger partial charge is 0.381 e. The topological polar surface area (TPSA) is 43.4 Å². The Labute approximate surface area is 87.7 Å². The van der Waals surface area contributed by atoms with Gasteiger partial charge in [0.1, 0.15) is 0 Å². The molecule has 1 aliphatic rings. The molecule has 0 aliphatic carbocycles. The van der Waals surface area contributed by atoms with E-state index in [0.29, 0.717) is 13.2 Å². The second-order valence-electron chi connectivity index (χ2n) is 3.77. The lowest BCUT2D eigenvalue weighted by Crippen LogP contribution is -2.25. The maximum Gasteiger partial charge on any atom is 0.150 e. The van der Waals surface area contributed by atoms with Gasteiger partial charge < -0.3 is 4.74 Å². The number of carbonyl (C=O) groups excluding carboxylic acids is 1. The molecule has 3 unspecified atom stereocenters. The molecule has 4 heteroatoms. The molecule has 0 aromatic rings. The van der Waals surface area contributed by atoms with Gasteiger partial charge >= 0.3 is 0 Å². The van der Waals surface area contributed by atoms with Crippen LogP contribution in [-0.4, -0.2) is 34.2 Å². The third kappa shape index (κ3) is 3.17. The zero-order valence-corrected chi connectivity index (χ0v) is 9.64. The molecule has 0 amide bonds. The number of hydrogen-bond donors (Lipinski definition) is 0. The summed E-state index contributed by atoms with van der Waals surface area (Å²) in [6, 6.07) is 0. The van der Waals surface area contributed by atoms with Crippen LogP contribution in [0, 0.1) is 5.92 Å². The number of Topliss-reactive ketones (excluding diaryl/α,β-unsaturated/α-hetero) is 1. The summed E-state index contributed by atoms with van der Waals surface area (Å²) in [7, 11) is -0.996. The monoisotopic (exact) mass is 218 g/mol. The lowest BCUT2D eigenvalue weighted by molar-refractivity contribution is -0.120. The van der Waals surface area contributed by atoms with Gasteiger partial charge in [-0.15, -0.1) is 0 Å². The maximum absolute atomic E-state index is 11.6. The zero-order chi connectivity index (χ0) is 10.6. The van der Waals surface area contributed by atoms with E-state index in [1.807, 2.05) is 13.8 Å². The summed E-state index contributed by atoms with van der Waals surface area (Å²) in [5.41, 5.74) is 0. The van der Waals surface area contributed by atoms with Crippen molar-refractivity contribution in [3.05, 3.63) is 0 Å². The molecule has 0 spiro atoms. The van der Waals surface area contributed by atoms with Crippen molar-refractivity contribution in [1.82, 2.24) is 0 Å². The van der Waals surface area contributed by atoms with Crippen molar-refractivity contribution in [3.8, 4) is 0 Å². The van der Waals surface area contributed by atoms with Crippen molar-refractivity contribution in [2.45, 2.75) is 31.9 Å². The van der Waals surface area contributed by atoms with Crippen LogP contribution in [0.3, 0.4) is 0 Å². The summed E-state index contributed by atoms with van der Waals surface area (Å²) < 4.78 is 16.7. The summed E-state index contributed by atoms with van der Waals surface area (Å²) in [4.78, 5) is 11.6. The molecule has 0 saturated carbocycles. The minimum Gasteiger partial charge on any atom is -0.381 e. The lowest BCUT2D eigenvalue weighted by atomic mass is 10.1. The first-order chi connectivity index (χ1) is 6.65. The van der Waals surface area contributed by atoms with E-state index in [2.05, 4.69) is 0 Å². The first-order valence-corrected chi connectivity index (χ1v) is 6.51. The molecule has 1 aliphatic heterocycles. The highest BCUT2D eigenvalue weighted by Gasteiger charge is 2.25. The summed E-state index contributed by atoms with van der Waals surface area (Å²) in [5.74, 6) is 0.326. The van der Waals surface area contributed by atoms with Gasteiger partial charge in [-0.05, 0) is 12.8 Å². The van der Waals surface area contributed by atoms with E-state index in [0.717, 1.165) is 12.8 Å². The molecule has 1 heterocycles. The van der Waals surface area contributed by atoms with Crippen molar-refractivity contribution >= 4 is 16.6 Å². The highest BCUT2D eigenvalue weighted by molar-refractivity contribution is 7.86. The summed E-state index contributed by atoms with van der Waals surface area (Å²) in [6.07, 6.45) is 1.66. The molecule has 0 bridgehead atoms. The second kappa shape index (κ2) is 5.61. The normalized spacial score (nSPS) is 26.0. The number of ketones is 1. The molecule has 1 saturated heterocycles. The standard InChI is InChI=1S/C10H18O3S/c1-3-8(2)14(12)7-10(11)9-4-5-13-6-9/h8-9H,3-7H2,1-2H3. The van der Waals surface area contributed by atoms with E-state index >= 15 is 0 Å². The van der Waals surface area contributed by atoms with Gasteiger partial charge in [0.25, 0.3) is 0 Å². The predicted octanol–water partition coefficient (Wildman–Crippen LogP) is 1.14. The van der Waals surface area contributed by atoms with Crippen LogP contribution < -0.4 is 0 Å². The Kier molecular flexibility index (Phi) is 4.75. The van der Waals surface area contributed by atoms with Crippen molar-refractivity contribution in [3.63, 3.8) is 0 Å². The van der Waals surface area contributed by atoms with Gasteiger partial charge in [0.2, 0.25) is 0 Å². The van der Waals surface area contributed by atoms with Gasteiger partial charge in [0.05, 0.1) is 12.4 Å². The fourth-order valence-corrected chi connectivity index (χ4v) is 2.55. The van der Waals surface area contributed by atoms with Gasteiger partial charge in [-0.3, -0.25) is 9.00 Å². The Balaban J connectivity index is 2.35. The summed E-state index contributed by atoms with van der Waals surface area (Å²) in [5, 5.41) is 0.126. The van der Waals surface area contributed by atoms with E-state index in [4.69, 9.17) is 4.74 Å².